The summed E-state index contributed by atoms with van der Waals surface area (Å²) in [6, 6.07) is 20.8. The van der Waals surface area contributed by atoms with Gasteiger partial charge in [0.15, 0.2) is 9.84 Å². The van der Waals surface area contributed by atoms with Gasteiger partial charge in [-0.05, 0) is 65.4 Å². The molecule has 188 valence electrons. The van der Waals surface area contributed by atoms with Gasteiger partial charge >= 0.3 is 12.1 Å². The molecule has 0 bridgehead atoms. The molecule has 9 heteroatoms. The standard InChI is InChI=1S/C27H26INO6S/c1-20-10-13-23(14-11-20)36(32,33)17-7-6-16-29(27(31)35-19-21-8-4-3-5-9-21)25-15-12-22(18-24(25)28)26(30)34-2/h3-15,18H,16-17,19H2,1-2H3/b7-6+. The number of amides is 1. The maximum atomic E-state index is 13.0. The third kappa shape index (κ3) is 7.41. The number of anilines is 1. The third-order valence-corrected chi connectivity index (χ3v) is 7.72. The number of rotatable bonds is 9. The Morgan fingerprint density at radius 2 is 1.67 bits per heavy atom. The Kier molecular flexibility index (Phi) is 9.65. The van der Waals surface area contributed by atoms with Crippen LogP contribution in [0.1, 0.15) is 21.5 Å². The molecular formula is C27H26INO6S. The molecule has 0 radical (unpaired) electrons. The average Bonchev–Trinajstić information content (AvgIpc) is 2.88. The van der Waals surface area contributed by atoms with Crippen LogP contribution < -0.4 is 4.90 Å². The quantitative estimate of drug-likeness (QED) is 0.177. The number of ether oxygens (including phenoxy) is 2. The molecule has 0 spiro atoms. The first-order valence-electron chi connectivity index (χ1n) is 11.0. The van der Waals surface area contributed by atoms with Crippen molar-refractivity contribution in [3.8, 4) is 0 Å². The summed E-state index contributed by atoms with van der Waals surface area (Å²) < 4.78 is 36.2. The lowest BCUT2D eigenvalue weighted by atomic mass is 10.2. The maximum Gasteiger partial charge on any atom is 0.414 e. The van der Waals surface area contributed by atoms with E-state index in [2.05, 4.69) is 0 Å². The number of halogens is 1. The molecule has 7 nitrogen and oxygen atoms in total. The average molecular weight is 619 g/mol. The second kappa shape index (κ2) is 12.7. The first kappa shape index (κ1) is 27.4. The summed E-state index contributed by atoms with van der Waals surface area (Å²) in [7, 11) is -2.21. The minimum atomic E-state index is -3.51. The van der Waals surface area contributed by atoms with E-state index < -0.39 is 21.9 Å². The van der Waals surface area contributed by atoms with Crippen LogP contribution in [0, 0.1) is 10.5 Å². The van der Waals surface area contributed by atoms with Crippen molar-refractivity contribution in [2.24, 2.45) is 0 Å². The van der Waals surface area contributed by atoms with Crippen LogP contribution in [0.5, 0.6) is 0 Å². The molecule has 0 aromatic heterocycles. The highest BCUT2D eigenvalue weighted by Gasteiger charge is 2.20. The molecule has 1 amide bonds. The second-order valence-electron chi connectivity index (χ2n) is 7.87. The number of hydrogen-bond acceptors (Lipinski definition) is 6. The fourth-order valence-corrected chi connectivity index (χ4v) is 5.19. The molecule has 0 fully saturated rings. The van der Waals surface area contributed by atoms with E-state index in [1.54, 1.807) is 48.5 Å². The van der Waals surface area contributed by atoms with Gasteiger partial charge in [0.05, 0.1) is 29.0 Å². The molecule has 3 aromatic rings. The van der Waals surface area contributed by atoms with Gasteiger partial charge in [-0.15, -0.1) is 0 Å². The van der Waals surface area contributed by atoms with Crippen molar-refractivity contribution in [1.29, 1.82) is 0 Å². The molecule has 3 aromatic carbocycles. The molecule has 0 aliphatic heterocycles. The van der Waals surface area contributed by atoms with Crippen molar-refractivity contribution in [1.82, 2.24) is 0 Å². The van der Waals surface area contributed by atoms with E-state index in [-0.39, 0.29) is 23.8 Å². The number of carbonyl (C=O) groups excluding carboxylic acids is 2. The topological polar surface area (TPSA) is 90.0 Å². The minimum Gasteiger partial charge on any atom is -0.465 e. The molecule has 0 atom stereocenters. The maximum absolute atomic E-state index is 13.0. The number of methoxy groups -OCH3 is 1. The van der Waals surface area contributed by atoms with E-state index >= 15 is 0 Å². The van der Waals surface area contributed by atoms with E-state index in [1.165, 1.54) is 18.1 Å². The normalized spacial score (nSPS) is 11.3. The summed E-state index contributed by atoms with van der Waals surface area (Å²) in [5.41, 5.74) is 2.68. The van der Waals surface area contributed by atoms with Crippen molar-refractivity contribution >= 4 is 50.2 Å². The number of aryl methyl sites for hydroxylation is 1. The molecule has 0 saturated heterocycles. The third-order valence-electron chi connectivity index (χ3n) is 5.24. The molecule has 0 aliphatic rings. The molecule has 0 unspecified atom stereocenters. The molecular weight excluding hydrogens is 593 g/mol. The van der Waals surface area contributed by atoms with Gasteiger partial charge in [-0.2, -0.15) is 0 Å². The summed E-state index contributed by atoms with van der Waals surface area (Å²) in [6.07, 6.45) is 2.52. The molecule has 0 heterocycles. The molecule has 0 N–H and O–H groups in total. The van der Waals surface area contributed by atoms with Gasteiger partial charge in [0.1, 0.15) is 6.61 Å². The Morgan fingerprint density at radius 3 is 2.31 bits per heavy atom. The summed E-state index contributed by atoms with van der Waals surface area (Å²) in [5.74, 6) is -0.694. The predicted molar refractivity (Wildman–Crippen MR) is 147 cm³/mol. The number of sulfone groups is 1. The Labute approximate surface area is 224 Å². The predicted octanol–water partition coefficient (Wildman–Crippen LogP) is 5.56. The van der Waals surface area contributed by atoms with Gasteiger partial charge in [-0.3, -0.25) is 4.90 Å². The molecule has 0 aliphatic carbocycles. The molecule has 0 saturated carbocycles. The number of hydrogen-bond donors (Lipinski definition) is 0. The smallest absolute Gasteiger partial charge is 0.414 e. The van der Waals surface area contributed by atoms with Gasteiger partial charge in [-0.25, -0.2) is 18.0 Å². The largest absolute Gasteiger partial charge is 0.465 e. The van der Waals surface area contributed by atoms with Gasteiger partial charge in [0.2, 0.25) is 0 Å². The monoisotopic (exact) mass is 619 g/mol. The highest BCUT2D eigenvalue weighted by molar-refractivity contribution is 14.1. The zero-order valence-electron chi connectivity index (χ0n) is 19.9. The number of benzene rings is 3. The van der Waals surface area contributed by atoms with Crippen LogP contribution in [0.15, 0.2) is 89.8 Å². The number of carbonyl (C=O) groups is 2. The number of esters is 1. The summed E-state index contributed by atoms with van der Waals surface area (Å²) in [4.78, 5) is 26.6. The van der Waals surface area contributed by atoms with Crippen molar-refractivity contribution in [2.45, 2.75) is 18.4 Å². The Hall–Kier alpha value is -3.18. The molecule has 3 rings (SSSR count). The van der Waals surface area contributed by atoms with Gasteiger partial charge in [0.25, 0.3) is 0 Å². The van der Waals surface area contributed by atoms with Crippen molar-refractivity contribution < 1.29 is 27.5 Å². The molecule has 36 heavy (non-hydrogen) atoms. The summed E-state index contributed by atoms with van der Waals surface area (Å²) in [6.45, 7) is 2.05. The van der Waals surface area contributed by atoms with E-state index in [9.17, 15) is 18.0 Å². The lowest BCUT2D eigenvalue weighted by molar-refractivity contribution is 0.0600. The van der Waals surface area contributed by atoms with E-state index in [0.717, 1.165) is 11.1 Å². The second-order valence-corrected chi connectivity index (χ2v) is 11.1. The van der Waals surface area contributed by atoms with Gasteiger partial charge < -0.3 is 9.47 Å². The van der Waals surface area contributed by atoms with Crippen molar-refractivity contribution in [2.75, 3.05) is 24.3 Å². The van der Waals surface area contributed by atoms with E-state index in [0.29, 0.717) is 14.8 Å². The van der Waals surface area contributed by atoms with Gasteiger partial charge in [-0.1, -0.05) is 60.2 Å². The number of nitrogens with zero attached hydrogens (tertiary/aromatic N) is 1. The lowest BCUT2D eigenvalue weighted by Crippen LogP contribution is -2.32. The van der Waals surface area contributed by atoms with Crippen LogP contribution in [-0.2, 0) is 25.9 Å². The summed E-state index contributed by atoms with van der Waals surface area (Å²) >= 11 is 2.03. The van der Waals surface area contributed by atoms with Crippen molar-refractivity contribution in [3.05, 3.63) is 105 Å². The first-order valence-corrected chi connectivity index (χ1v) is 13.7. The Balaban J connectivity index is 1.78. The fourth-order valence-electron chi connectivity index (χ4n) is 3.26. The zero-order chi connectivity index (χ0) is 26.1. The fraction of sp³-hybridized carbons (Fsp3) is 0.185. The Morgan fingerprint density at radius 1 is 0.972 bits per heavy atom. The van der Waals surface area contributed by atoms with Crippen molar-refractivity contribution in [3.63, 3.8) is 0 Å². The van der Waals surface area contributed by atoms with Crippen LogP contribution in [0.25, 0.3) is 0 Å². The van der Waals surface area contributed by atoms with Crippen LogP contribution in [0.2, 0.25) is 0 Å². The Bertz CT molecular complexity index is 1340. The van der Waals surface area contributed by atoms with E-state index in [4.69, 9.17) is 9.47 Å². The minimum absolute atomic E-state index is 0.0740. The van der Waals surface area contributed by atoms with E-state index in [1.807, 2.05) is 59.8 Å². The van der Waals surface area contributed by atoms with Crippen LogP contribution in [0.4, 0.5) is 10.5 Å². The lowest BCUT2D eigenvalue weighted by Gasteiger charge is -2.22. The zero-order valence-corrected chi connectivity index (χ0v) is 22.9. The summed E-state index contributed by atoms with van der Waals surface area (Å²) in [5, 5.41) is 0. The van der Waals surface area contributed by atoms with Crippen LogP contribution >= 0.6 is 22.6 Å². The van der Waals surface area contributed by atoms with Crippen LogP contribution in [-0.4, -0.2) is 39.9 Å². The van der Waals surface area contributed by atoms with Gasteiger partial charge in [0, 0.05) is 10.1 Å². The van der Waals surface area contributed by atoms with Crippen LogP contribution in [0.3, 0.4) is 0 Å². The SMILES string of the molecule is COC(=O)c1ccc(N(C/C=C/CS(=O)(=O)c2ccc(C)cc2)C(=O)OCc2ccccc2)c(I)c1. The highest BCUT2D eigenvalue weighted by Crippen LogP contribution is 2.25. The first-order chi connectivity index (χ1) is 17.2. The highest BCUT2D eigenvalue weighted by atomic mass is 127.